The first-order valence-electron chi connectivity index (χ1n) is 10.7. The van der Waals surface area contributed by atoms with Crippen molar-refractivity contribution in [1.29, 1.82) is 0 Å². The number of anilines is 1. The Kier molecular flexibility index (Phi) is 5.79. The van der Waals surface area contributed by atoms with Gasteiger partial charge >= 0.3 is 0 Å². The second-order valence-electron chi connectivity index (χ2n) is 7.93. The number of methoxy groups -OCH3 is 1. The monoisotopic (exact) mass is 474 g/mol. The number of thiocarbonyl (C=S) groups is 1. The van der Waals surface area contributed by atoms with Gasteiger partial charge in [-0.05, 0) is 79.3 Å². The number of hydrogen-bond acceptors (Lipinski definition) is 3. The minimum Gasteiger partial charge on any atom is -0.497 e. The van der Waals surface area contributed by atoms with Crippen LogP contribution in [0.25, 0.3) is 5.69 Å². The smallest absolute Gasteiger partial charge is 0.174 e. The molecule has 5 rings (SSSR count). The largest absolute Gasteiger partial charge is 0.497 e. The average molecular weight is 475 g/mol. The predicted octanol–water partition coefficient (Wildman–Crippen LogP) is 6.02. The van der Waals surface area contributed by atoms with E-state index in [0.717, 1.165) is 39.1 Å². The molecule has 4 aromatic rings. The minimum absolute atomic E-state index is 0.132. The van der Waals surface area contributed by atoms with Crippen molar-refractivity contribution in [2.24, 2.45) is 0 Å². The van der Waals surface area contributed by atoms with Crippen molar-refractivity contribution in [1.82, 2.24) is 14.9 Å². The van der Waals surface area contributed by atoms with E-state index < -0.39 is 0 Å². The van der Waals surface area contributed by atoms with Crippen LogP contribution < -0.4 is 15.0 Å². The lowest BCUT2D eigenvalue weighted by atomic mass is 10.0. The third kappa shape index (κ3) is 3.96. The zero-order chi connectivity index (χ0) is 22.9. The number of aryl methyl sites for hydroxylation is 1. The van der Waals surface area contributed by atoms with Crippen LogP contribution in [0.4, 0.5) is 5.69 Å². The highest BCUT2D eigenvalue weighted by atomic mass is 35.5. The Morgan fingerprint density at radius 1 is 1.00 bits per heavy atom. The minimum atomic E-state index is -0.134. The lowest BCUT2D eigenvalue weighted by Crippen LogP contribution is -2.30. The molecular formula is C26H23ClN4OS. The molecule has 5 nitrogen and oxygen atoms in total. The summed E-state index contributed by atoms with van der Waals surface area (Å²) >= 11 is 12.1. The van der Waals surface area contributed by atoms with Gasteiger partial charge in [0, 0.05) is 40.6 Å². The third-order valence-electron chi connectivity index (χ3n) is 5.93. The molecule has 0 spiro atoms. The number of benzene rings is 2. The molecule has 0 amide bonds. The average Bonchev–Trinajstić information content (AvgIpc) is 3.45. The van der Waals surface area contributed by atoms with Gasteiger partial charge in [0.05, 0.1) is 18.8 Å². The molecule has 7 heteroatoms. The topological polar surface area (TPSA) is 42.3 Å². The normalized spacial score (nSPS) is 17.8. The fraction of sp³-hybridized carbons (Fsp3) is 0.154. The first-order valence-corrected chi connectivity index (χ1v) is 11.4. The number of nitrogens with one attached hydrogen (secondary N) is 1. The van der Waals surface area contributed by atoms with E-state index >= 15 is 0 Å². The fourth-order valence-electron chi connectivity index (χ4n) is 4.34. The molecule has 0 bridgehead atoms. The maximum Gasteiger partial charge on any atom is 0.174 e. The Labute approximate surface area is 203 Å². The summed E-state index contributed by atoms with van der Waals surface area (Å²) in [5.41, 5.74) is 5.04. The zero-order valence-corrected chi connectivity index (χ0v) is 19.8. The lowest BCUT2D eigenvalue weighted by molar-refractivity contribution is 0.414. The second-order valence-corrected chi connectivity index (χ2v) is 8.73. The number of hydrogen-bond donors (Lipinski definition) is 1. The summed E-state index contributed by atoms with van der Waals surface area (Å²) in [6, 6.07) is 23.9. The van der Waals surface area contributed by atoms with Crippen LogP contribution >= 0.6 is 23.8 Å². The van der Waals surface area contributed by atoms with E-state index in [1.54, 1.807) is 7.11 Å². The van der Waals surface area contributed by atoms with E-state index in [9.17, 15) is 0 Å². The Morgan fingerprint density at radius 3 is 2.64 bits per heavy atom. The Bertz CT molecular complexity index is 1310. The molecule has 2 aromatic heterocycles. The van der Waals surface area contributed by atoms with Gasteiger partial charge in [0.15, 0.2) is 5.11 Å². The molecule has 2 atom stereocenters. The summed E-state index contributed by atoms with van der Waals surface area (Å²) in [5, 5.41) is 4.91. The van der Waals surface area contributed by atoms with Crippen LogP contribution in [0.2, 0.25) is 5.02 Å². The van der Waals surface area contributed by atoms with Gasteiger partial charge < -0.3 is 19.5 Å². The van der Waals surface area contributed by atoms with Crippen LogP contribution in [-0.2, 0) is 0 Å². The molecule has 1 fully saturated rings. The summed E-state index contributed by atoms with van der Waals surface area (Å²) in [6.45, 7) is 2.01. The van der Waals surface area contributed by atoms with Gasteiger partial charge in [-0.1, -0.05) is 23.7 Å². The Morgan fingerprint density at radius 2 is 1.88 bits per heavy atom. The van der Waals surface area contributed by atoms with Crippen LogP contribution in [-0.4, -0.2) is 21.8 Å². The molecule has 1 N–H and O–H groups in total. The van der Waals surface area contributed by atoms with E-state index in [2.05, 4.69) is 44.2 Å². The highest BCUT2D eigenvalue weighted by molar-refractivity contribution is 7.80. The van der Waals surface area contributed by atoms with Crippen molar-refractivity contribution in [3.8, 4) is 11.4 Å². The zero-order valence-electron chi connectivity index (χ0n) is 18.3. The maximum atomic E-state index is 6.30. The molecule has 1 aliphatic heterocycles. The second kappa shape index (κ2) is 8.89. The molecule has 0 saturated carbocycles. The van der Waals surface area contributed by atoms with Crippen molar-refractivity contribution in [2.45, 2.75) is 19.0 Å². The van der Waals surface area contributed by atoms with Gasteiger partial charge in [-0.3, -0.25) is 4.98 Å². The van der Waals surface area contributed by atoms with Crippen LogP contribution in [0.3, 0.4) is 0 Å². The van der Waals surface area contributed by atoms with Crippen molar-refractivity contribution in [3.63, 3.8) is 0 Å². The first-order chi connectivity index (χ1) is 16.1. The summed E-state index contributed by atoms with van der Waals surface area (Å²) < 4.78 is 7.67. The summed E-state index contributed by atoms with van der Waals surface area (Å²) in [7, 11) is 1.67. The van der Waals surface area contributed by atoms with Gasteiger partial charge in [0.25, 0.3) is 0 Å². The molecule has 0 aliphatic carbocycles. The molecule has 2 aromatic carbocycles. The van der Waals surface area contributed by atoms with Crippen molar-refractivity contribution in [2.75, 3.05) is 12.0 Å². The standard InChI is InChI=1S/C26H23ClN4OS/c1-17-15-18(11-12-21(17)27)30-14-6-10-23(30)25-24(22-9-3-4-13-28-22)29-26(33)31(25)19-7-5-8-20(16-19)32-2/h3-16,24-25H,1-2H3,(H,29,33)/t24-,25+/m0/s1. The molecule has 1 aliphatic rings. The third-order valence-corrected chi connectivity index (χ3v) is 6.67. The molecule has 1 saturated heterocycles. The van der Waals surface area contributed by atoms with Crippen LogP contribution in [0.1, 0.15) is 29.0 Å². The Hall–Kier alpha value is -3.35. The predicted molar refractivity (Wildman–Crippen MR) is 136 cm³/mol. The van der Waals surface area contributed by atoms with E-state index in [4.69, 9.17) is 28.6 Å². The molecule has 3 heterocycles. The SMILES string of the molecule is COc1cccc(N2C(=S)N[C@@H](c3ccccn3)[C@H]2c2cccn2-c2ccc(Cl)c(C)c2)c1. The van der Waals surface area contributed by atoms with Gasteiger partial charge in [-0.2, -0.15) is 0 Å². The number of rotatable bonds is 5. The lowest BCUT2D eigenvalue weighted by Gasteiger charge is -2.29. The molecular weight excluding hydrogens is 452 g/mol. The molecule has 166 valence electrons. The van der Waals surface area contributed by atoms with Crippen molar-refractivity contribution < 1.29 is 4.74 Å². The van der Waals surface area contributed by atoms with E-state index in [1.165, 1.54) is 0 Å². The van der Waals surface area contributed by atoms with E-state index in [1.807, 2.05) is 67.7 Å². The number of nitrogens with zero attached hydrogens (tertiary/aromatic N) is 3. The van der Waals surface area contributed by atoms with Crippen LogP contribution in [0.5, 0.6) is 5.75 Å². The van der Waals surface area contributed by atoms with Gasteiger partial charge in [0.2, 0.25) is 0 Å². The number of aromatic nitrogens is 2. The molecule has 0 radical (unpaired) electrons. The highest BCUT2D eigenvalue weighted by Gasteiger charge is 2.42. The van der Waals surface area contributed by atoms with Crippen LogP contribution in [0.15, 0.2) is 85.2 Å². The van der Waals surface area contributed by atoms with Gasteiger partial charge in [-0.15, -0.1) is 0 Å². The van der Waals surface area contributed by atoms with E-state index in [-0.39, 0.29) is 12.1 Å². The van der Waals surface area contributed by atoms with E-state index in [0.29, 0.717) is 5.11 Å². The number of pyridine rings is 1. The number of halogens is 1. The Balaban J connectivity index is 1.67. The van der Waals surface area contributed by atoms with Crippen molar-refractivity contribution in [3.05, 3.63) is 107 Å². The quantitative estimate of drug-likeness (QED) is 0.358. The number of ether oxygens (including phenoxy) is 1. The van der Waals surface area contributed by atoms with Gasteiger partial charge in [-0.25, -0.2) is 0 Å². The van der Waals surface area contributed by atoms with Gasteiger partial charge in [0.1, 0.15) is 11.8 Å². The molecule has 0 unspecified atom stereocenters. The fourth-order valence-corrected chi connectivity index (χ4v) is 4.81. The highest BCUT2D eigenvalue weighted by Crippen LogP contribution is 2.43. The summed E-state index contributed by atoms with van der Waals surface area (Å²) in [5.74, 6) is 0.777. The first kappa shape index (κ1) is 21.5. The summed E-state index contributed by atoms with van der Waals surface area (Å²) in [6.07, 6.45) is 3.88. The maximum absolute atomic E-state index is 6.30. The molecule has 33 heavy (non-hydrogen) atoms. The van der Waals surface area contributed by atoms with Crippen molar-refractivity contribution >= 4 is 34.6 Å². The van der Waals surface area contributed by atoms with Crippen LogP contribution in [0, 0.1) is 6.92 Å². The summed E-state index contributed by atoms with van der Waals surface area (Å²) in [4.78, 5) is 6.79.